The average Bonchev–Trinajstić information content (AvgIpc) is 2.41. The van der Waals surface area contributed by atoms with E-state index in [1.807, 2.05) is 0 Å². The van der Waals surface area contributed by atoms with Crippen LogP contribution < -0.4 is 4.52 Å². The fourth-order valence-electron chi connectivity index (χ4n) is 1.34. The first-order valence-corrected chi connectivity index (χ1v) is 7.13. The van der Waals surface area contributed by atoms with Gasteiger partial charge in [-0.1, -0.05) is 29.2 Å². The molecule has 8 heteroatoms. The minimum absolute atomic E-state index is 0.217. The first-order chi connectivity index (χ1) is 9.57. The van der Waals surface area contributed by atoms with Crippen LogP contribution in [0, 0.1) is 0 Å². The summed E-state index contributed by atoms with van der Waals surface area (Å²) in [5, 5.41) is 13.7. The van der Waals surface area contributed by atoms with E-state index in [-0.39, 0.29) is 5.75 Å². The van der Waals surface area contributed by atoms with E-state index < -0.39 is 7.75 Å². The van der Waals surface area contributed by atoms with Crippen LogP contribution in [0.2, 0.25) is 0 Å². The molecule has 2 N–H and O–H groups in total. The molecule has 7 nitrogen and oxygen atoms in total. The van der Waals surface area contributed by atoms with Crippen molar-refractivity contribution in [1.29, 1.82) is 0 Å². The van der Waals surface area contributed by atoms with E-state index >= 15 is 0 Å². The highest BCUT2D eigenvalue weighted by atomic mass is 31.2. The van der Waals surface area contributed by atoms with Gasteiger partial charge in [-0.2, -0.15) is 0 Å². The second kappa shape index (κ2) is 6.29. The van der Waals surface area contributed by atoms with E-state index in [9.17, 15) is 14.7 Å². The second-order valence-corrected chi connectivity index (χ2v) is 5.04. The highest BCUT2D eigenvalue weighted by molar-refractivity contribution is 7.51. The average molecular weight is 293 g/mol. The largest absolute Gasteiger partial charge is 0.523 e. The van der Waals surface area contributed by atoms with Crippen molar-refractivity contribution in [3.8, 4) is 5.75 Å². The summed E-state index contributed by atoms with van der Waals surface area (Å²) in [6, 6.07) is 8.14. The van der Waals surface area contributed by atoms with Crippen molar-refractivity contribution in [3.05, 3.63) is 66.7 Å². The van der Waals surface area contributed by atoms with Gasteiger partial charge in [-0.25, -0.2) is 9.63 Å². The molecule has 0 radical (unpaired) electrons. The Morgan fingerprint density at radius 3 is 2.70 bits per heavy atom. The third kappa shape index (κ3) is 4.17. The topological polar surface area (TPSA) is 94.7 Å². The molecule has 0 aromatic heterocycles. The maximum absolute atomic E-state index is 11.6. The standard InChI is InChI=1S/C12H12N3O4P/c16-15-9-5-4-6-11(15)10-13-14-20(17,18)19-12-7-2-1-3-8-12/h1-10,16H,(H,17,18). The van der Waals surface area contributed by atoms with E-state index in [4.69, 9.17) is 4.52 Å². The van der Waals surface area contributed by atoms with Crippen molar-refractivity contribution in [3.63, 3.8) is 0 Å². The van der Waals surface area contributed by atoms with Gasteiger partial charge in [0.05, 0.1) is 11.9 Å². The SMILES string of the molecule is O=P(O)(N=NC=C1C=CC=CN1O)Oc1ccccc1. The summed E-state index contributed by atoms with van der Waals surface area (Å²) in [5.41, 5.74) is 0.302. The van der Waals surface area contributed by atoms with Crippen molar-refractivity contribution in [2.75, 3.05) is 0 Å². The lowest BCUT2D eigenvalue weighted by Gasteiger charge is -2.13. The Hall–Kier alpha value is -2.21. The molecule has 104 valence electrons. The molecular weight excluding hydrogens is 281 g/mol. The molecule has 0 saturated heterocycles. The molecule has 0 spiro atoms. The molecule has 1 heterocycles. The highest BCUT2D eigenvalue weighted by Crippen LogP contribution is 2.44. The van der Waals surface area contributed by atoms with E-state index in [1.165, 1.54) is 18.3 Å². The number of allylic oxidation sites excluding steroid dienone is 3. The van der Waals surface area contributed by atoms with E-state index in [1.54, 1.807) is 36.4 Å². The zero-order chi connectivity index (χ0) is 14.4. The Labute approximate surface area is 115 Å². The molecule has 0 fully saturated rings. The molecule has 0 amide bonds. The van der Waals surface area contributed by atoms with Gasteiger partial charge in [-0.3, -0.25) is 10.1 Å². The van der Waals surface area contributed by atoms with E-state index in [0.717, 1.165) is 11.3 Å². The van der Waals surface area contributed by atoms with Crippen LogP contribution in [-0.2, 0) is 4.57 Å². The molecule has 1 aromatic carbocycles. The van der Waals surface area contributed by atoms with Crippen LogP contribution in [0.5, 0.6) is 5.75 Å². The molecule has 20 heavy (non-hydrogen) atoms. The van der Waals surface area contributed by atoms with Crippen LogP contribution in [0.25, 0.3) is 0 Å². The molecule has 1 aliphatic heterocycles. The predicted octanol–water partition coefficient (Wildman–Crippen LogP) is 3.23. The first kappa shape index (κ1) is 14.2. The smallest absolute Gasteiger partial charge is 0.407 e. The summed E-state index contributed by atoms with van der Waals surface area (Å²) in [6.07, 6.45) is 7.37. The van der Waals surface area contributed by atoms with E-state index in [2.05, 4.69) is 10.00 Å². The molecule has 0 aliphatic carbocycles. The first-order valence-electron chi connectivity index (χ1n) is 5.60. The van der Waals surface area contributed by atoms with Crippen molar-refractivity contribution in [1.82, 2.24) is 5.06 Å². The molecule has 0 saturated carbocycles. The van der Waals surface area contributed by atoms with Crippen LogP contribution in [0.3, 0.4) is 0 Å². The van der Waals surface area contributed by atoms with Gasteiger partial charge in [-0.15, -0.1) is 5.11 Å². The maximum atomic E-state index is 11.6. The maximum Gasteiger partial charge on any atom is 0.523 e. The summed E-state index contributed by atoms with van der Waals surface area (Å²) in [4.78, 5) is 12.7. The fourth-order valence-corrected chi connectivity index (χ4v) is 1.95. The minimum Gasteiger partial charge on any atom is -0.407 e. The molecule has 1 aliphatic rings. The third-order valence-corrected chi connectivity index (χ3v) is 2.97. The Bertz CT molecular complexity index is 625. The molecule has 1 atom stereocenters. The summed E-state index contributed by atoms with van der Waals surface area (Å²) in [6.45, 7) is 0. The van der Waals surface area contributed by atoms with Gasteiger partial charge in [0.25, 0.3) is 0 Å². The lowest BCUT2D eigenvalue weighted by Crippen LogP contribution is -2.10. The van der Waals surface area contributed by atoms with Gasteiger partial charge in [0.2, 0.25) is 0 Å². The number of hydrogen-bond donors (Lipinski definition) is 2. The summed E-state index contributed by atoms with van der Waals surface area (Å²) in [5.74, 6) is 0.217. The minimum atomic E-state index is -4.23. The zero-order valence-corrected chi connectivity index (χ0v) is 11.2. The van der Waals surface area contributed by atoms with Gasteiger partial charge in [0.1, 0.15) is 5.75 Å². The van der Waals surface area contributed by atoms with Crippen LogP contribution in [0.1, 0.15) is 0 Å². The Morgan fingerprint density at radius 1 is 1.25 bits per heavy atom. The Morgan fingerprint density at radius 2 is 2.00 bits per heavy atom. The molecular formula is C12H12N3O4P. The van der Waals surface area contributed by atoms with Crippen LogP contribution in [-0.4, -0.2) is 15.2 Å². The highest BCUT2D eigenvalue weighted by Gasteiger charge is 2.20. The summed E-state index contributed by atoms with van der Waals surface area (Å²) in [7, 11) is -4.23. The lowest BCUT2D eigenvalue weighted by molar-refractivity contribution is -0.000518. The van der Waals surface area contributed by atoms with Gasteiger partial charge in [-0.05, 0) is 24.3 Å². The van der Waals surface area contributed by atoms with Crippen LogP contribution in [0.15, 0.2) is 76.7 Å². The van der Waals surface area contributed by atoms with Gasteiger partial charge >= 0.3 is 7.75 Å². The van der Waals surface area contributed by atoms with Crippen molar-refractivity contribution in [2.24, 2.45) is 10.00 Å². The molecule has 1 unspecified atom stereocenters. The quantitative estimate of drug-likeness (QED) is 0.656. The zero-order valence-electron chi connectivity index (χ0n) is 10.3. The number of para-hydroxylation sites is 1. The van der Waals surface area contributed by atoms with Crippen LogP contribution >= 0.6 is 7.75 Å². The third-order valence-electron chi connectivity index (χ3n) is 2.19. The van der Waals surface area contributed by atoms with Crippen molar-refractivity contribution in [2.45, 2.75) is 0 Å². The van der Waals surface area contributed by atoms with Crippen LogP contribution in [0.4, 0.5) is 0 Å². The Balaban J connectivity index is 2.03. The monoisotopic (exact) mass is 293 g/mol. The Kier molecular flexibility index (Phi) is 4.47. The van der Waals surface area contributed by atoms with E-state index in [0.29, 0.717) is 5.70 Å². The van der Waals surface area contributed by atoms with Gasteiger partial charge in [0.15, 0.2) is 0 Å². The molecule has 2 rings (SSSR count). The fraction of sp³-hybridized carbons (Fsp3) is 0. The molecule has 0 bridgehead atoms. The van der Waals surface area contributed by atoms with Gasteiger partial charge in [0, 0.05) is 6.20 Å². The molecule has 1 aromatic rings. The number of hydroxylamine groups is 2. The normalized spacial score (nSPS) is 19.5. The second-order valence-electron chi connectivity index (χ2n) is 3.70. The van der Waals surface area contributed by atoms with Gasteiger partial charge < -0.3 is 4.52 Å². The predicted molar refractivity (Wildman–Crippen MR) is 71.7 cm³/mol. The van der Waals surface area contributed by atoms with Crippen molar-refractivity contribution >= 4 is 7.75 Å². The number of benzene rings is 1. The lowest BCUT2D eigenvalue weighted by atomic mass is 10.3. The van der Waals surface area contributed by atoms with Crippen molar-refractivity contribution < 1.29 is 19.2 Å². The number of rotatable bonds is 4. The number of hydrogen-bond acceptors (Lipinski definition) is 5. The summed E-state index contributed by atoms with van der Waals surface area (Å²) >= 11 is 0. The number of nitrogens with zero attached hydrogens (tertiary/aromatic N) is 3. The summed E-state index contributed by atoms with van der Waals surface area (Å²) < 4.78 is 16.5.